The number of ketones is 1. The van der Waals surface area contributed by atoms with Crippen molar-refractivity contribution in [2.75, 3.05) is 19.6 Å². The van der Waals surface area contributed by atoms with E-state index in [1.165, 1.54) is 0 Å². The van der Waals surface area contributed by atoms with Gasteiger partial charge in [-0.05, 0) is 79.6 Å². The van der Waals surface area contributed by atoms with Crippen molar-refractivity contribution in [2.24, 2.45) is 51.8 Å². The molecule has 3 saturated carbocycles. The van der Waals surface area contributed by atoms with Crippen LogP contribution in [0.2, 0.25) is 0 Å². The number of piperidine rings is 1. The molecule has 37 heavy (non-hydrogen) atoms. The van der Waals surface area contributed by atoms with E-state index in [4.69, 9.17) is 4.74 Å². The summed E-state index contributed by atoms with van der Waals surface area (Å²) in [5.74, 6) is 0.446. The number of hydrogen-bond acceptors (Lipinski definition) is 6. The zero-order valence-electron chi connectivity index (χ0n) is 23.7. The molecule has 2 saturated heterocycles. The molecule has 7 nitrogen and oxygen atoms in total. The third-order valence-electron chi connectivity index (χ3n) is 11.9. The number of aliphatic hydroxyl groups excluding tert-OH is 1. The van der Waals surface area contributed by atoms with E-state index < -0.39 is 29.1 Å². The Balaban J connectivity index is 1.47. The van der Waals surface area contributed by atoms with Crippen LogP contribution in [0, 0.1) is 51.8 Å². The Morgan fingerprint density at radius 1 is 1.16 bits per heavy atom. The minimum Gasteiger partial charge on any atom is -0.445 e. The number of aliphatic hydroxyl groups is 1. The third kappa shape index (κ3) is 4.18. The fourth-order valence-corrected chi connectivity index (χ4v) is 9.92. The van der Waals surface area contributed by atoms with Crippen LogP contribution in [-0.2, 0) is 14.3 Å². The summed E-state index contributed by atoms with van der Waals surface area (Å²) < 4.78 is 6.26. The maximum Gasteiger partial charge on any atom is 0.414 e. The van der Waals surface area contributed by atoms with E-state index in [1.807, 2.05) is 0 Å². The van der Waals surface area contributed by atoms with Crippen molar-refractivity contribution in [2.45, 2.75) is 98.7 Å². The van der Waals surface area contributed by atoms with Crippen LogP contribution in [0.3, 0.4) is 0 Å². The zero-order chi connectivity index (χ0) is 26.9. The Hall–Kier alpha value is -1.47. The molecule has 0 aromatic rings. The summed E-state index contributed by atoms with van der Waals surface area (Å²) in [5, 5.41) is 14.5. The normalized spacial score (nSPS) is 48.9. The number of carbonyl (C=O) groups excluding carboxylic acids is 3. The molecule has 0 radical (unpaired) electrons. The molecular weight excluding hydrogens is 468 g/mol. The second-order valence-electron chi connectivity index (χ2n) is 14.4. The summed E-state index contributed by atoms with van der Waals surface area (Å²) >= 11 is 0. The summed E-state index contributed by atoms with van der Waals surface area (Å²) in [7, 11) is 0. The standard InChI is InChI=1S/C30H48N2O5/c1-17(2)13-28(5)14-23(37-27(36)31-26(35)21-16-32-12-9-20(21)15-32)29(6)18(3)7-10-30(19(4)25(28)34)11-8-22(33)24(29)30/h17-21,23-25,34H,7-16H2,1-6H3,(H,31,35,36)/t18-,19+,20-,21+,23-,24?,25+,28-,29+,30?/m1/s1. The lowest BCUT2D eigenvalue weighted by atomic mass is 9.43. The van der Waals surface area contributed by atoms with Gasteiger partial charge in [-0.15, -0.1) is 0 Å². The van der Waals surface area contributed by atoms with Gasteiger partial charge in [0.15, 0.2) is 0 Å². The minimum atomic E-state index is -0.696. The van der Waals surface area contributed by atoms with Crippen LogP contribution in [0.4, 0.5) is 4.79 Å². The molecule has 2 N–H and O–H groups in total. The smallest absolute Gasteiger partial charge is 0.414 e. The summed E-state index contributed by atoms with van der Waals surface area (Å²) in [6.45, 7) is 15.6. The van der Waals surface area contributed by atoms with E-state index in [-0.39, 0.29) is 40.8 Å². The van der Waals surface area contributed by atoms with Crippen LogP contribution in [0.15, 0.2) is 0 Å². The molecule has 7 heteroatoms. The van der Waals surface area contributed by atoms with Crippen LogP contribution in [0.25, 0.3) is 0 Å². The lowest BCUT2D eigenvalue weighted by molar-refractivity contribution is -0.200. The predicted octanol–water partition coefficient (Wildman–Crippen LogP) is 4.41. The summed E-state index contributed by atoms with van der Waals surface area (Å²) in [6, 6.07) is 0. The van der Waals surface area contributed by atoms with Gasteiger partial charge in [-0.1, -0.05) is 41.5 Å². The molecule has 3 aliphatic carbocycles. The largest absolute Gasteiger partial charge is 0.445 e. The van der Waals surface area contributed by atoms with E-state index >= 15 is 0 Å². The lowest BCUT2D eigenvalue weighted by Crippen LogP contribution is -2.63. The molecule has 208 valence electrons. The Kier molecular flexibility index (Phi) is 6.83. The summed E-state index contributed by atoms with van der Waals surface area (Å²) in [5.41, 5.74) is -1.29. The predicted molar refractivity (Wildman–Crippen MR) is 140 cm³/mol. The second-order valence-corrected chi connectivity index (χ2v) is 14.4. The molecule has 0 aromatic carbocycles. The highest BCUT2D eigenvalue weighted by Crippen LogP contribution is 2.68. The van der Waals surface area contributed by atoms with Crippen molar-refractivity contribution in [3.8, 4) is 0 Å². The Bertz CT molecular complexity index is 952. The van der Waals surface area contributed by atoms with Crippen LogP contribution in [0.1, 0.15) is 86.5 Å². The molecular formula is C30H48N2O5. The monoisotopic (exact) mass is 516 g/mol. The first-order valence-corrected chi connectivity index (χ1v) is 14.8. The van der Waals surface area contributed by atoms with Gasteiger partial charge in [0.05, 0.1) is 12.0 Å². The maximum absolute atomic E-state index is 13.6. The van der Waals surface area contributed by atoms with Gasteiger partial charge in [-0.25, -0.2) is 4.79 Å². The highest BCUT2D eigenvalue weighted by molar-refractivity contribution is 5.93. The molecule has 2 aliphatic heterocycles. The number of Topliss-reactive ketones (excluding diaryl/α,β-unsaturated/α-hetero) is 1. The zero-order valence-corrected chi connectivity index (χ0v) is 23.7. The van der Waals surface area contributed by atoms with Crippen LogP contribution < -0.4 is 5.32 Å². The number of nitrogens with one attached hydrogen (secondary N) is 1. The van der Waals surface area contributed by atoms with E-state index in [1.54, 1.807) is 0 Å². The number of fused-ring (bicyclic) bond motifs is 2. The van der Waals surface area contributed by atoms with Crippen molar-refractivity contribution >= 4 is 17.8 Å². The fourth-order valence-electron chi connectivity index (χ4n) is 9.92. The molecule has 2 amide bonds. The van der Waals surface area contributed by atoms with Gasteiger partial charge in [0.2, 0.25) is 5.91 Å². The number of alkyl carbamates (subject to hydrolysis) is 1. The number of ether oxygens (including phenoxy) is 1. The Morgan fingerprint density at radius 2 is 1.89 bits per heavy atom. The van der Waals surface area contributed by atoms with Crippen molar-refractivity contribution in [3.05, 3.63) is 0 Å². The molecule has 0 spiro atoms. The second kappa shape index (κ2) is 9.32. The molecule has 2 heterocycles. The van der Waals surface area contributed by atoms with Crippen molar-refractivity contribution in [3.63, 3.8) is 0 Å². The number of imide groups is 1. The van der Waals surface area contributed by atoms with Gasteiger partial charge >= 0.3 is 6.09 Å². The Morgan fingerprint density at radius 3 is 2.51 bits per heavy atom. The van der Waals surface area contributed by atoms with Crippen LogP contribution in [0.5, 0.6) is 0 Å². The first kappa shape index (κ1) is 27.1. The maximum atomic E-state index is 13.6. The van der Waals surface area contributed by atoms with Gasteiger partial charge in [-0.3, -0.25) is 14.9 Å². The molecule has 5 rings (SSSR count). The van der Waals surface area contributed by atoms with E-state index in [9.17, 15) is 19.5 Å². The quantitative estimate of drug-likeness (QED) is 0.575. The fraction of sp³-hybridized carbons (Fsp3) is 0.900. The first-order chi connectivity index (χ1) is 17.3. The lowest BCUT2D eigenvalue weighted by Gasteiger charge is -2.62. The summed E-state index contributed by atoms with van der Waals surface area (Å²) in [4.78, 5) is 42.2. The molecule has 3 unspecified atom stereocenters. The van der Waals surface area contributed by atoms with Crippen molar-refractivity contribution in [1.82, 2.24) is 10.2 Å². The first-order valence-electron chi connectivity index (χ1n) is 14.8. The van der Waals surface area contributed by atoms with Gasteiger partial charge in [-0.2, -0.15) is 0 Å². The van der Waals surface area contributed by atoms with Gasteiger partial charge in [0.25, 0.3) is 0 Å². The average molecular weight is 517 g/mol. The molecule has 11 atom stereocenters. The number of nitrogens with zero attached hydrogens (tertiary/aromatic N) is 1. The van der Waals surface area contributed by atoms with Crippen molar-refractivity contribution < 1.29 is 24.2 Å². The highest BCUT2D eigenvalue weighted by Gasteiger charge is 2.68. The van der Waals surface area contributed by atoms with Gasteiger partial charge in [0, 0.05) is 30.8 Å². The number of amides is 2. The molecule has 0 aromatic heterocycles. The molecule has 5 fully saturated rings. The summed E-state index contributed by atoms with van der Waals surface area (Å²) in [6.07, 6.45) is 3.63. The van der Waals surface area contributed by atoms with Crippen LogP contribution >= 0.6 is 0 Å². The van der Waals surface area contributed by atoms with E-state index in [0.717, 1.165) is 45.2 Å². The molecule has 4 bridgehead atoms. The van der Waals surface area contributed by atoms with Crippen molar-refractivity contribution in [1.29, 1.82) is 0 Å². The number of hydrogen-bond donors (Lipinski definition) is 2. The Labute approximate surface area is 222 Å². The van der Waals surface area contributed by atoms with E-state index in [2.05, 4.69) is 51.8 Å². The van der Waals surface area contributed by atoms with Gasteiger partial charge in [0.1, 0.15) is 11.9 Å². The van der Waals surface area contributed by atoms with Crippen LogP contribution in [-0.4, -0.2) is 59.6 Å². The topological polar surface area (TPSA) is 95.9 Å². The SMILES string of the molecule is CC(C)C[C@]1(C)C[C@@H](OC(=O)NC(=O)[C@H]2CN3CC[C@@H]2C3)[C@@]2(C)C3C(=O)CCC3(CC[C@H]2C)[C@@H](C)[C@@H]1O. The highest BCUT2D eigenvalue weighted by atomic mass is 16.6. The third-order valence-corrected chi connectivity index (χ3v) is 11.9. The van der Waals surface area contributed by atoms with E-state index in [0.29, 0.717) is 31.2 Å². The number of carbonyl (C=O) groups is 3. The average Bonchev–Trinajstić information content (AvgIpc) is 3.54. The van der Waals surface area contributed by atoms with Gasteiger partial charge < -0.3 is 14.7 Å². The minimum absolute atomic E-state index is 0.0105. The number of rotatable bonds is 4. The molecule has 5 aliphatic rings.